The van der Waals surface area contributed by atoms with Gasteiger partial charge < -0.3 is 0 Å². The van der Waals surface area contributed by atoms with Crippen LogP contribution in [0.15, 0.2) is 17.4 Å². The smallest absolute Gasteiger partial charge is 0.0996 e. The van der Waals surface area contributed by atoms with Crippen LogP contribution >= 0.6 is 0 Å². The fourth-order valence-electron chi connectivity index (χ4n) is 4.10. The highest BCUT2D eigenvalue weighted by Gasteiger charge is 2.28. The second-order valence-electron chi connectivity index (χ2n) is 6.43. The molecule has 0 saturated heterocycles. The molecule has 2 fully saturated rings. The van der Waals surface area contributed by atoms with Crippen molar-refractivity contribution in [3.05, 3.63) is 17.4 Å². The molecule has 0 bridgehead atoms. The van der Waals surface area contributed by atoms with Gasteiger partial charge in [-0.05, 0) is 61.9 Å². The van der Waals surface area contributed by atoms with E-state index in [0.29, 0.717) is 0 Å². The summed E-state index contributed by atoms with van der Waals surface area (Å²) in [6.07, 6.45) is 15.3. The van der Waals surface area contributed by atoms with Crippen molar-refractivity contribution < 1.29 is 0 Å². The molecule has 2 saturated carbocycles. The van der Waals surface area contributed by atoms with E-state index < -0.39 is 0 Å². The van der Waals surface area contributed by atoms with Gasteiger partial charge in [0.25, 0.3) is 0 Å². The topological polar surface area (TPSA) is 23.8 Å². The minimum Gasteiger partial charge on any atom is -0.192 e. The summed E-state index contributed by atoms with van der Waals surface area (Å²) in [5.74, 6) is 2.98. The van der Waals surface area contributed by atoms with Gasteiger partial charge in [-0.3, -0.25) is 0 Å². The molecule has 19 heavy (non-hydrogen) atoms. The number of allylic oxidation sites excluding steroid dienone is 1. The van der Waals surface area contributed by atoms with E-state index in [1.807, 2.05) is 6.07 Å². The Morgan fingerprint density at radius 1 is 1.05 bits per heavy atom. The number of hydrogen-bond acceptors (Lipinski definition) is 1. The minimum absolute atomic E-state index is 0.954. The summed E-state index contributed by atoms with van der Waals surface area (Å²) < 4.78 is 0. The van der Waals surface area contributed by atoms with Gasteiger partial charge in [-0.25, -0.2) is 0 Å². The first kappa shape index (κ1) is 14.4. The number of nitriles is 1. The molecule has 104 valence electrons. The predicted octanol–water partition coefficient (Wildman–Crippen LogP) is 5.39. The van der Waals surface area contributed by atoms with Crippen LogP contribution in [-0.2, 0) is 0 Å². The van der Waals surface area contributed by atoms with E-state index in [0.717, 1.165) is 17.8 Å². The van der Waals surface area contributed by atoms with Gasteiger partial charge in [-0.1, -0.05) is 32.6 Å². The molecule has 0 aromatic carbocycles. The van der Waals surface area contributed by atoms with Gasteiger partial charge in [-0.2, -0.15) is 5.26 Å². The lowest BCUT2D eigenvalue weighted by Crippen LogP contribution is -2.24. The first-order valence-electron chi connectivity index (χ1n) is 8.16. The molecule has 0 aliphatic heterocycles. The van der Waals surface area contributed by atoms with Crippen molar-refractivity contribution in [3.8, 4) is 6.07 Å². The van der Waals surface area contributed by atoms with Gasteiger partial charge >= 0.3 is 0 Å². The van der Waals surface area contributed by atoms with E-state index in [9.17, 15) is 0 Å². The van der Waals surface area contributed by atoms with E-state index in [4.69, 9.17) is 5.26 Å². The molecule has 1 nitrogen and oxygen atoms in total. The quantitative estimate of drug-likeness (QED) is 0.491. The van der Waals surface area contributed by atoms with Gasteiger partial charge in [0.1, 0.15) is 0 Å². The SMILES string of the molecule is CCCC1CCC(C2CCC(=C=CC#N)CC2)CC1. The molecular formula is C18H27N. The second kappa shape index (κ2) is 7.56. The molecular weight excluding hydrogens is 230 g/mol. The Hall–Kier alpha value is -0.990. The highest BCUT2D eigenvalue weighted by atomic mass is 14.3. The van der Waals surface area contributed by atoms with Crippen LogP contribution in [0, 0.1) is 29.1 Å². The molecule has 0 radical (unpaired) electrons. The van der Waals surface area contributed by atoms with Gasteiger partial charge in [0.05, 0.1) is 12.1 Å². The Bertz CT molecular complexity index is 363. The normalized spacial score (nSPS) is 31.4. The van der Waals surface area contributed by atoms with Crippen molar-refractivity contribution in [2.45, 2.75) is 71.1 Å². The van der Waals surface area contributed by atoms with Gasteiger partial charge in [0.2, 0.25) is 0 Å². The summed E-state index contributed by atoms with van der Waals surface area (Å²) in [6.45, 7) is 2.32. The number of rotatable bonds is 3. The zero-order valence-corrected chi connectivity index (χ0v) is 12.3. The number of nitrogens with zero attached hydrogens (tertiary/aromatic N) is 1. The summed E-state index contributed by atoms with van der Waals surface area (Å²) in [5.41, 5.74) is 4.52. The monoisotopic (exact) mass is 257 g/mol. The summed E-state index contributed by atoms with van der Waals surface area (Å²) in [6, 6.07) is 2.05. The van der Waals surface area contributed by atoms with Gasteiger partial charge in [0, 0.05) is 0 Å². The van der Waals surface area contributed by atoms with Crippen LogP contribution in [0.3, 0.4) is 0 Å². The third-order valence-corrected chi connectivity index (χ3v) is 5.23. The second-order valence-corrected chi connectivity index (χ2v) is 6.43. The van der Waals surface area contributed by atoms with Crippen molar-refractivity contribution in [2.75, 3.05) is 0 Å². The van der Waals surface area contributed by atoms with Crippen LogP contribution in [0.1, 0.15) is 71.1 Å². The van der Waals surface area contributed by atoms with E-state index in [-0.39, 0.29) is 0 Å². The summed E-state index contributed by atoms with van der Waals surface area (Å²) in [7, 11) is 0. The zero-order valence-electron chi connectivity index (χ0n) is 12.3. The lowest BCUT2D eigenvalue weighted by molar-refractivity contribution is 0.174. The largest absolute Gasteiger partial charge is 0.192 e. The van der Waals surface area contributed by atoms with E-state index in [2.05, 4.69) is 12.7 Å². The molecule has 1 heteroatoms. The van der Waals surface area contributed by atoms with Crippen LogP contribution in [-0.4, -0.2) is 0 Å². The average Bonchev–Trinajstić information content (AvgIpc) is 2.47. The van der Waals surface area contributed by atoms with Crippen LogP contribution < -0.4 is 0 Å². The van der Waals surface area contributed by atoms with Crippen LogP contribution in [0.5, 0.6) is 0 Å². The molecule has 2 aliphatic rings. The molecule has 0 atom stereocenters. The summed E-state index contributed by atoms with van der Waals surface area (Å²) in [5, 5.41) is 8.54. The fraction of sp³-hybridized carbons (Fsp3) is 0.778. The standard InChI is InChI=1S/C18H27N/c1-2-4-15-6-10-17(11-7-15)18-12-8-16(9-13-18)5-3-14-19/h3,15,17-18H,2,4,6-13H2,1H3. The van der Waals surface area contributed by atoms with Crippen LogP contribution in [0.25, 0.3) is 0 Å². The first-order chi connectivity index (χ1) is 9.33. The maximum absolute atomic E-state index is 8.54. The third-order valence-electron chi connectivity index (χ3n) is 5.23. The summed E-state index contributed by atoms with van der Waals surface area (Å²) >= 11 is 0. The molecule has 0 heterocycles. The van der Waals surface area contributed by atoms with Gasteiger partial charge in [0.15, 0.2) is 0 Å². The van der Waals surface area contributed by atoms with E-state index in [1.165, 1.54) is 75.9 Å². The van der Waals surface area contributed by atoms with Crippen molar-refractivity contribution >= 4 is 0 Å². The Morgan fingerprint density at radius 3 is 2.26 bits per heavy atom. The average molecular weight is 257 g/mol. The molecule has 0 unspecified atom stereocenters. The van der Waals surface area contributed by atoms with E-state index >= 15 is 0 Å². The Balaban J connectivity index is 1.77. The number of hydrogen-bond donors (Lipinski definition) is 0. The van der Waals surface area contributed by atoms with Crippen LogP contribution in [0.2, 0.25) is 0 Å². The molecule has 2 aliphatic carbocycles. The summed E-state index contributed by atoms with van der Waals surface area (Å²) in [4.78, 5) is 0. The lowest BCUT2D eigenvalue weighted by atomic mass is 9.70. The maximum atomic E-state index is 8.54. The molecule has 2 rings (SSSR count). The highest BCUT2D eigenvalue weighted by Crippen LogP contribution is 2.41. The van der Waals surface area contributed by atoms with Crippen molar-refractivity contribution in [1.82, 2.24) is 0 Å². The Labute approximate surface area is 118 Å². The highest BCUT2D eigenvalue weighted by molar-refractivity contribution is 5.11. The lowest BCUT2D eigenvalue weighted by Gasteiger charge is -2.36. The van der Waals surface area contributed by atoms with Crippen molar-refractivity contribution in [3.63, 3.8) is 0 Å². The van der Waals surface area contributed by atoms with Gasteiger partial charge in [-0.15, -0.1) is 5.73 Å². The molecule has 0 N–H and O–H groups in total. The van der Waals surface area contributed by atoms with Crippen molar-refractivity contribution in [1.29, 1.82) is 5.26 Å². The maximum Gasteiger partial charge on any atom is 0.0996 e. The minimum atomic E-state index is 0.954. The first-order valence-corrected chi connectivity index (χ1v) is 8.16. The molecule has 0 aromatic heterocycles. The third kappa shape index (κ3) is 4.26. The zero-order chi connectivity index (χ0) is 13.5. The van der Waals surface area contributed by atoms with Crippen molar-refractivity contribution in [2.24, 2.45) is 17.8 Å². The predicted molar refractivity (Wildman–Crippen MR) is 79.5 cm³/mol. The van der Waals surface area contributed by atoms with Crippen LogP contribution in [0.4, 0.5) is 0 Å². The van der Waals surface area contributed by atoms with E-state index in [1.54, 1.807) is 0 Å². The fourth-order valence-corrected chi connectivity index (χ4v) is 4.10. The molecule has 0 spiro atoms. The molecule has 0 aromatic rings. The Kier molecular flexibility index (Phi) is 5.74. The Morgan fingerprint density at radius 2 is 1.68 bits per heavy atom. The molecule has 0 amide bonds.